The Labute approximate surface area is 151 Å². The van der Waals surface area contributed by atoms with Crippen molar-refractivity contribution in [2.24, 2.45) is 0 Å². The fourth-order valence-electron chi connectivity index (χ4n) is 3.17. The minimum Gasteiger partial charge on any atom is -0.497 e. The molecular formula is C18H21N5O3. The van der Waals surface area contributed by atoms with E-state index in [1.54, 1.807) is 26.9 Å². The first-order chi connectivity index (χ1) is 12.8. The van der Waals surface area contributed by atoms with Crippen LogP contribution in [0.1, 0.15) is 24.6 Å². The number of nitrogens with zero attached hydrogens (tertiary/aromatic N) is 4. The highest BCUT2D eigenvalue weighted by atomic mass is 16.5. The molecule has 0 spiro atoms. The minimum absolute atomic E-state index is 0.00114. The van der Waals surface area contributed by atoms with Crippen molar-refractivity contribution in [3.8, 4) is 11.5 Å². The maximum atomic E-state index is 5.74. The average Bonchev–Trinajstić information content (AvgIpc) is 3.35. The molecule has 1 aromatic carbocycles. The molecule has 3 aromatic rings. The van der Waals surface area contributed by atoms with Crippen LogP contribution in [0.5, 0.6) is 11.5 Å². The van der Waals surface area contributed by atoms with Crippen molar-refractivity contribution in [3.05, 3.63) is 36.4 Å². The molecule has 1 N–H and O–H groups in total. The lowest BCUT2D eigenvalue weighted by Crippen LogP contribution is -2.08. The van der Waals surface area contributed by atoms with Gasteiger partial charge in [-0.1, -0.05) is 0 Å². The lowest BCUT2D eigenvalue weighted by Gasteiger charge is -2.13. The van der Waals surface area contributed by atoms with E-state index in [4.69, 9.17) is 14.2 Å². The maximum Gasteiger partial charge on any atom is 0.167 e. The predicted molar refractivity (Wildman–Crippen MR) is 96.4 cm³/mol. The number of hydrogen-bond acceptors (Lipinski definition) is 7. The quantitative estimate of drug-likeness (QED) is 0.728. The molecular weight excluding hydrogens is 334 g/mol. The van der Waals surface area contributed by atoms with E-state index in [1.807, 2.05) is 22.8 Å². The molecule has 4 rings (SSSR count). The fraction of sp³-hybridized carbons (Fsp3) is 0.389. The number of methoxy groups -OCH3 is 2. The summed E-state index contributed by atoms with van der Waals surface area (Å²) in [5.74, 6) is 2.24. The summed E-state index contributed by atoms with van der Waals surface area (Å²) in [7, 11) is 3.29. The van der Waals surface area contributed by atoms with E-state index in [1.165, 1.54) is 0 Å². The number of rotatable bonds is 6. The van der Waals surface area contributed by atoms with Crippen LogP contribution < -0.4 is 14.8 Å². The second-order valence-corrected chi connectivity index (χ2v) is 6.05. The number of ether oxygens (including phenoxy) is 3. The van der Waals surface area contributed by atoms with E-state index >= 15 is 0 Å². The van der Waals surface area contributed by atoms with E-state index in [2.05, 4.69) is 20.3 Å². The Morgan fingerprint density at radius 2 is 2.15 bits per heavy atom. The first-order valence-corrected chi connectivity index (χ1v) is 8.54. The molecule has 1 atom stereocenters. The Morgan fingerprint density at radius 3 is 2.92 bits per heavy atom. The van der Waals surface area contributed by atoms with E-state index < -0.39 is 0 Å². The summed E-state index contributed by atoms with van der Waals surface area (Å²) in [4.78, 5) is 13.2. The van der Waals surface area contributed by atoms with Crippen molar-refractivity contribution in [2.45, 2.75) is 25.6 Å². The fourth-order valence-corrected chi connectivity index (χ4v) is 3.17. The van der Waals surface area contributed by atoms with Crippen molar-refractivity contribution < 1.29 is 14.2 Å². The number of fused-ring (bicyclic) bond motifs is 1. The van der Waals surface area contributed by atoms with Crippen LogP contribution in [0, 0.1) is 0 Å². The van der Waals surface area contributed by atoms with Gasteiger partial charge in [0.15, 0.2) is 17.0 Å². The predicted octanol–water partition coefficient (Wildman–Crippen LogP) is 2.76. The van der Waals surface area contributed by atoms with Crippen LogP contribution in [0.25, 0.3) is 11.2 Å². The molecule has 0 amide bonds. The van der Waals surface area contributed by atoms with Gasteiger partial charge < -0.3 is 19.5 Å². The monoisotopic (exact) mass is 355 g/mol. The van der Waals surface area contributed by atoms with E-state index in [-0.39, 0.29) is 6.23 Å². The van der Waals surface area contributed by atoms with Gasteiger partial charge in [-0.2, -0.15) is 0 Å². The molecule has 0 saturated carbocycles. The average molecular weight is 355 g/mol. The van der Waals surface area contributed by atoms with Crippen LogP contribution in [0.2, 0.25) is 0 Å². The number of aromatic nitrogens is 4. The normalized spacial score (nSPS) is 16.8. The second kappa shape index (κ2) is 7.17. The third kappa shape index (κ3) is 3.03. The van der Waals surface area contributed by atoms with Crippen LogP contribution >= 0.6 is 0 Å². The lowest BCUT2D eigenvalue weighted by molar-refractivity contribution is 0.0593. The number of benzene rings is 1. The Bertz CT molecular complexity index is 905. The van der Waals surface area contributed by atoms with Crippen molar-refractivity contribution in [1.29, 1.82) is 0 Å². The summed E-state index contributed by atoms with van der Waals surface area (Å²) in [6.07, 6.45) is 5.34. The van der Waals surface area contributed by atoms with Crippen LogP contribution in [0.3, 0.4) is 0 Å². The summed E-state index contributed by atoms with van der Waals surface area (Å²) in [6.45, 7) is 1.30. The molecule has 8 heteroatoms. The number of imidazole rings is 1. The van der Waals surface area contributed by atoms with E-state index in [9.17, 15) is 0 Å². The zero-order valence-corrected chi connectivity index (χ0v) is 14.8. The van der Waals surface area contributed by atoms with Gasteiger partial charge in [0.25, 0.3) is 0 Å². The van der Waals surface area contributed by atoms with Crippen LogP contribution in [-0.4, -0.2) is 40.3 Å². The highest BCUT2D eigenvalue weighted by Crippen LogP contribution is 2.29. The molecule has 1 aliphatic heterocycles. The minimum atomic E-state index is 0.00114. The standard InChI is InChI=1S/C18H21N5O3/c1-24-13-5-6-14(25-2)12(8-13)9-19-17-16-18(21-10-20-17)23(11-22-16)15-4-3-7-26-15/h5-6,8,10-11,15H,3-4,7,9H2,1-2H3,(H,19,20,21). The van der Waals surface area contributed by atoms with Crippen LogP contribution in [0.4, 0.5) is 5.82 Å². The molecule has 2 aromatic heterocycles. The van der Waals surface area contributed by atoms with Gasteiger partial charge in [-0.3, -0.25) is 4.57 Å². The third-order valence-corrected chi connectivity index (χ3v) is 4.51. The van der Waals surface area contributed by atoms with E-state index in [0.29, 0.717) is 12.4 Å². The van der Waals surface area contributed by atoms with Gasteiger partial charge in [-0.15, -0.1) is 0 Å². The van der Waals surface area contributed by atoms with Gasteiger partial charge in [0.2, 0.25) is 0 Å². The molecule has 26 heavy (non-hydrogen) atoms. The molecule has 136 valence electrons. The first-order valence-electron chi connectivity index (χ1n) is 8.54. The zero-order valence-electron chi connectivity index (χ0n) is 14.8. The Morgan fingerprint density at radius 1 is 1.23 bits per heavy atom. The number of hydrogen-bond donors (Lipinski definition) is 1. The largest absolute Gasteiger partial charge is 0.497 e. The van der Waals surface area contributed by atoms with Gasteiger partial charge >= 0.3 is 0 Å². The summed E-state index contributed by atoms with van der Waals surface area (Å²) in [5, 5.41) is 3.33. The molecule has 0 aliphatic carbocycles. The van der Waals surface area contributed by atoms with Gasteiger partial charge in [-0.25, -0.2) is 15.0 Å². The number of anilines is 1. The Hall–Kier alpha value is -2.87. The SMILES string of the molecule is COc1ccc(OC)c(CNc2ncnc3c2ncn3C2CCCO2)c1. The molecule has 1 unspecified atom stereocenters. The molecule has 1 aliphatic rings. The van der Waals surface area contributed by atoms with Gasteiger partial charge in [0.05, 0.1) is 20.5 Å². The Balaban J connectivity index is 1.60. The van der Waals surface area contributed by atoms with Gasteiger partial charge in [0, 0.05) is 18.7 Å². The summed E-state index contributed by atoms with van der Waals surface area (Å²) >= 11 is 0. The Kier molecular flexibility index (Phi) is 4.57. The first kappa shape index (κ1) is 16.6. The van der Waals surface area contributed by atoms with Crippen LogP contribution in [-0.2, 0) is 11.3 Å². The highest BCUT2D eigenvalue weighted by Gasteiger charge is 2.21. The summed E-state index contributed by atoms with van der Waals surface area (Å²) in [5.41, 5.74) is 2.47. The van der Waals surface area contributed by atoms with Crippen LogP contribution in [0.15, 0.2) is 30.9 Å². The lowest BCUT2D eigenvalue weighted by atomic mass is 10.2. The smallest absolute Gasteiger partial charge is 0.167 e. The van der Waals surface area contributed by atoms with Crippen molar-refractivity contribution in [3.63, 3.8) is 0 Å². The van der Waals surface area contributed by atoms with Crippen molar-refractivity contribution in [2.75, 3.05) is 26.1 Å². The van der Waals surface area contributed by atoms with E-state index in [0.717, 1.165) is 47.7 Å². The van der Waals surface area contributed by atoms with Crippen molar-refractivity contribution >= 4 is 17.0 Å². The maximum absolute atomic E-state index is 5.74. The molecule has 0 radical (unpaired) electrons. The number of nitrogens with one attached hydrogen (secondary N) is 1. The van der Waals surface area contributed by atoms with Gasteiger partial charge in [0.1, 0.15) is 24.1 Å². The van der Waals surface area contributed by atoms with Crippen molar-refractivity contribution in [1.82, 2.24) is 19.5 Å². The molecule has 0 bridgehead atoms. The third-order valence-electron chi connectivity index (χ3n) is 4.51. The molecule has 3 heterocycles. The zero-order chi connectivity index (χ0) is 17.9. The summed E-state index contributed by atoms with van der Waals surface area (Å²) < 4.78 is 18.4. The summed E-state index contributed by atoms with van der Waals surface area (Å²) in [6, 6.07) is 5.70. The highest BCUT2D eigenvalue weighted by molar-refractivity contribution is 5.82. The molecule has 8 nitrogen and oxygen atoms in total. The topological polar surface area (TPSA) is 83.3 Å². The second-order valence-electron chi connectivity index (χ2n) is 6.05. The molecule has 1 fully saturated rings. The van der Waals surface area contributed by atoms with Gasteiger partial charge in [-0.05, 0) is 31.0 Å². The molecule has 1 saturated heterocycles.